The van der Waals surface area contributed by atoms with Gasteiger partial charge in [0.1, 0.15) is 0 Å². The molecule has 18 heavy (non-hydrogen) atoms. The first-order valence-corrected chi connectivity index (χ1v) is 7.61. The highest BCUT2D eigenvalue weighted by atomic mass is 31.2. The predicted molar refractivity (Wildman–Crippen MR) is 70.8 cm³/mol. The number of hydrogen-bond donors (Lipinski definition) is 1. The zero-order valence-electron chi connectivity index (χ0n) is 10.9. The zero-order valence-corrected chi connectivity index (χ0v) is 11.8. The second-order valence-electron chi connectivity index (χ2n) is 4.24. The fraction of sp³-hybridized carbons (Fsp3) is 0.462. The van der Waals surface area contributed by atoms with Crippen LogP contribution in [0.15, 0.2) is 24.3 Å². The molecule has 1 N–H and O–H groups in total. The fourth-order valence-electron chi connectivity index (χ4n) is 1.55. The summed E-state index contributed by atoms with van der Waals surface area (Å²) in [5, 5.41) is 0. The lowest BCUT2D eigenvalue weighted by molar-refractivity contribution is 0.0978. The molecule has 0 aliphatic heterocycles. The molecule has 0 aromatic heterocycles. The third kappa shape index (κ3) is 3.77. The SMILES string of the molecule is CCC(CC)OP(=O)(O)C(=O)c1ccc(C)cc1. The Morgan fingerprint density at radius 1 is 1.28 bits per heavy atom. The number of carbonyl (C=O) groups is 1. The highest BCUT2D eigenvalue weighted by molar-refractivity contribution is 7.71. The monoisotopic (exact) mass is 270 g/mol. The van der Waals surface area contributed by atoms with E-state index in [2.05, 4.69) is 0 Å². The predicted octanol–water partition coefficient (Wildman–Crippen LogP) is 3.53. The second kappa shape index (κ2) is 6.28. The van der Waals surface area contributed by atoms with E-state index in [9.17, 15) is 14.3 Å². The van der Waals surface area contributed by atoms with Crippen LogP contribution in [-0.2, 0) is 9.09 Å². The summed E-state index contributed by atoms with van der Waals surface area (Å²) in [7, 11) is -4.25. The Morgan fingerprint density at radius 2 is 1.78 bits per heavy atom. The van der Waals surface area contributed by atoms with E-state index in [0.29, 0.717) is 12.8 Å². The van der Waals surface area contributed by atoms with Gasteiger partial charge >= 0.3 is 7.60 Å². The van der Waals surface area contributed by atoms with Crippen molar-refractivity contribution in [2.75, 3.05) is 0 Å². The Bertz CT molecular complexity index is 449. The molecule has 0 aliphatic rings. The number of hydrogen-bond acceptors (Lipinski definition) is 3. The molecule has 0 radical (unpaired) electrons. The van der Waals surface area contributed by atoms with Crippen molar-refractivity contribution in [2.45, 2.75) is 39.7 Å². The summed E-state index contributed by atoms with van der Waals surface area (Å²) in [6, 6.07) is 6.53. The van der Waals surface area contributed by atoms with Crippen LogP contribution in [0.1, 0.15) is 42.6 Å². The normalized spacial score (nSPS) is 14.5. The van der Waals surface area contributed by atoms with Crippen molar-refractivity contribution >= 4 is 13.1 Å². The molecule has 5 heteroatoms. The summed E-state index contributed by atoms with van der Waals surface area (Å²) in [5.74, 6) is 0. The zero-order chi connectivity index (χ0) is 13.8. The average Bonchev–Trinajstić information content (AvgIpc) is 2.36. The van der Waals surface area contributed by atoms with Gasteiger partial charge in [-0.2, -0.15) is 0 Å². The van der Waals surface area contributed by atoms with Gasteiger partial charge in [-0.15, -0.1) is 0 Å². The Kier molecular flexibility index (Phi) is 5.27. The molecular formula is C13H19O4P. The van der Waals surface area contributed by atoms with E-state index in [1.807, 2.05) is 20.8 Å². The Hall–Kier alpha value is -0.960. The molecule has 1 aromatic rings. The van der Waals surface area contributed by atoms with Crippen LogP contribution in [0.4, 0.5) is 0 Å². The molecule has 1 atom stereocenters. The van der Waals surface area contributed by atoms with Crippen LogP contribution < -0.4 is 0 Å². The Morgan fingerprint density at radius 3 is 2.22 bits per heavy atom. The molecule has 1 aromatic carbocycles. The second-order valence-corrected chi connectivity index (χ2v) is 5.89. The number of carbonyl (C=O) groups excluding carboxylic acids is 1. The van der Waals surface area contributed by atoms with Gasteiger partial charge in [-0.1, -0.05) is 43.7 Å². The standard InChI is InChI=1S/C13H19O4P/c1-4-12(5-2)17-18(15,16)13(14)11-8-6-10(3)7-9-11/h6-9,12H,4-5H2,1-3H3,(H,15,16). The van der Waals surface area contributed by atoms with E-state index < -0.39 is 13.1 Å². The van der Waals surface area contributed by atoms with Crippen LogP contribution in [0.2, 0.25) is 0 Å². The van der Waals surface area contributed by atoms with Gasteiger partial charge < -0.3 is 4.89 Å². The van der Waals surface area contributed by atoms with Crippen LogP contribution in [0.25, 0.3) is 0 Å². The average molecular weight is 270 g/mol. The highest BCUT2D eigenvalue weighted by Crippen LogP contribution is 2.47. The number of rotatable bonds is 6. The van der Waals surface area contributed by atoms with Crippen molar-refractivity contribution in [3.05, 3.63) is 35.4 Å². The van der Waals surface area contributed by atoms with E-state index >= 15 is 0 Å². The first-order chi connectivity index (χ1) is 8.40. The van der Waals surface area contributed by atoms with Gasteiger partial charge in [-0.25, -0.2) is 0 Å². The Labute approximate surface area is 108 Å². The molecule has 0 spiro atoms. The molecule has 1 rings (SSSR count). The molecule has 0 heterocycles. The molecule has 0 saturated heterocycles. The summed E-state index contributed by atoms with van der Waals surface area (Å²) in [4.78, 5) is 21.6. The molecule has 0 saturated carbocycles. The van der Waals surface area contributed by atoms with Crippen LogP contribution in [-0.4, -0.2) is 16.5 Å². The maximum Gasteiger partial charge on any atom is 0.399 e. The topological polar surface area (TPSA) is 63.6 Å². The summed E-state index contributed by atoms with van der Waals surface area (Å²) >= 11 is 0. The first kappa shape index (κ1) is 15.1. The molecule has 100 valence electrons. The van der Waals surface area contributed by atoms with Gasteiger partial charge in [0.2, 0.25) is 0 Å². The third-order valence-electron chi connectivity index (χ3n) is 2.76. The maximum atomic E-state index is 11.9. The van der Waals surface area contributed by atoms with Crippen LogP contribution >= 0.6 is 7.60 Å². The summed E-state index contributed by atoms with van der Waals surface area (Å²) in [6.07, 6.45) is 0.833. The van der Waals surface area contributed by atoms with Crippen molar-refractivity contribution in [1.82, 2.24) is 0 Å². The van der Waals surface area contributed by atoms with E-state index in [-0.39, 0.29) is 11.7 Å². The first-order valence-electron chi connectivity index (χ1n) is 6.03. The van der Waals surface area contributed by atoms with Gasteiger partial charge in [-0.3, -0.25) is 13.9 Å². The minimum absolute atomic E-state index is 0.206. The number of aryl methyl sites for hydroxylation is 1. The van der Waals surface area contributed by atoms with E-state index in [4.69, 9.17) is 4.52 Å². The molecule has 1 unspecified atom stereocenters. The van der Waals surface area contributed by atoms with Gasteiger partial charge in [0.05, 0.1) is 6.10 Å². The maximum absolute atomic E-state index is 11.9. The molecule has 0 amide bonds. The lowest BCUT2D eigenvalue weighted by atomic mass is 10.2. The molecular weight excluding hydrogens is 251 g/mol. The minimum atomic E-state index is -4.25. The molecule has 0 fully saturated rings. The summed E-state index contributed by atoms with van der Waals surface area (Å²) in [5.41, 5.74) is 0.354. The van der Waals surface area contributed by atoms with Crippen molar-refractivity contribution in [3.63, 3.8) is 0 Å². The Balaban J connectivity index is 2.88. The largest absolute Gasteiger partial charge is 0.399 e. The molecule has 0 bridgehead atoms. The van der Waals surface area contributed by atoms with E-state index in [0.717, 1.165) is 5.56 Å². The van der Waals surface area contributed by atoms with Crippen LogP contribution in [0.5, 0.6) is 0 Å². The van der Waals surface area contributed by atoms with E-state index in [1.165, 1.54) is 12.1 Å². The van der Waals surface area contributed by atoms with Crippen molar-refractivity contribution in [1.29, 1.82) is 0 Å². The van der Waals surface area contributed by atoms with Crippen molar-refractivity contribution in [3.8, 4) is 0 Å². The van der Waals surface area contributed by atoms with Gasteiger partial charge in [0.25, 0.3) is 5.52 Å². The van der Waals surface area contributed by atoms with E-state index in [1.54, 1.807) is 12.1 Å². The highest BCUT2D eigenvalue weighted by Gasteiger charge is 2.33. The van der Waals surface area contributed by atoms with Gasteiger partial charge in [0, 0.05) is 5.56 Å². The smallest absolute Gasteiger partial charge is 0.319 e. The quantitative estimate of drug-likeness (QED) is 0.803. The molecule has 0 aliphatic carbocycles. The van der Waals surface area contributed by atoms with Gasteiger partial charge in [0.15, 0.2) is 0 Å². The third-order valence-corrected chi connectivity index (χ3v) is 4.11. The fourth-order valence-corrected chi connectivity index (χ4v) is 2.82. The van der Waals surface area contributed by atoms with Crippen LogP contribution in [0, 0.1) is 6.92 Å². The lowest BCUT2D eigenvalue weighted by Crippen LogP contribution is -2.13. The number of benzene rings is 1. The van der Waals surface area contributed by atoms with Crippen LogP contribution in [0.3, 0.4) is 0 Å². The molecule has 4 nitrogen and oxygen atoms in total. The summed E-state index contributed by atoms with van der Waals surface area (Å²) in [6.45, 7) is 5.59. The van der Waals surface area contributed by atoms with Crippen molar-refractivity contribution in [2.24, 2.45) is 0 Å². The summed E-state index contributed by atoms with van der Waals surface area (Å²) < 4.78 is 17.0. The minimum Gasteiger partial charge on any atom is -0.319 e. The van der Waals surface area contributed by atoms with Gasteiger partial charge in [-0.05, 0) is 19.8 Å². The van der Waals surface area contributed by atoms with Crippen molar-refractivity contribution < 1.29 is 18.8 Å². The lowest BCUT2D eigenvalue weighted by Gasteiger charge is -2.17.